The van der Waals surface area contributed by atoms with Crippen LogP contribution in [0.2, 0.25) is 0 Å². The van der Waals surface area contributed by atoms with Crippen molar-refractivity contribution in [1.29, 1.82) is 0 Å². The zero-order chi connectivity index (χ0) is 9.49. The second-order valence-electron chi connectivity index (χ2n) is 2.19. The molecule has 0 rings (SSSR count). The van der Waals surface area contributed by atoms with Crippen molar-refractivity contribution in [3.8, 4) is 0 Å². The predicted molar refractivity (Wildman–Crippen MR) is 46.9 cm³/mol. The number of hydrogen-bond donors (Lipinski definition) is 1. The summed E-state index contributed by atoms with van der Waals surface area (Å²) < 4.78 is 27.3. The minimum absolute atomic E-state index is 0.715. The molecule has 0 aliphatic heterocycles. The summed E-state index contributed by atoms with van der Waals surface area (Å²) in [7, 11) is -3.85. The lowest BCUT2D eigenvalue weighted by molar-refractivity contribution is 0.494. The molecule has 3 nitrogen and oxygen atoms in total. The highest BCUT2D eigenvalue weighted by atomic mass is 32.2. The molecule has 0 amide bonds. The molecule has 0 unspecified atom stereocenters. The van der Waals surface area contributed by atoms with Crippen LogP contribution in [0.15, 0.2) is 23.6 Å². The smallest absolute Gasteiger partial charge is 0.282 e. The fraction of sp³-hybridized carbons (Fsp3) is 0.429. The van der Waals surface area contributed by atoms with Gasteiger partial charge in [-0.3, -0.25) is 4.55 Å². The monoisotopic (exact) mass is 178 g/mol. The molecular formula is C7H14O3S. The Hall–Kier alpha value is -0.610. The summed E-state index contributed by atoms with van der Waals surface area (Å²) in [6, 6.07) is 0. The van der Waals surface area contributed by atoms with Gasteiger partial charge < -0.3 is 0 Å². The number of hydrogen-bond acceptors (Lipinski definition) is 2. The molecule has 0 aromatic heterocycles. The molecule has 0 spiro atoms. The van der Waals surface area contributed by atoms with Crippen LogP contribution in [0, 0.1) is 0 Å². The Morgan fingerprint density at radius 2 is 1.73 bits per heavy atom. The Morgan fingerprint density at radius 3 is 1.73 bits per heavy atom. The number of allylic oxidation sites excluding steroid dienone is 2. The first-order chi connectivity index (χ1) is 4.79. The molecule has 0 aromatic carbocycles. The van der Waals surface area contributed by atoms with E-state index in [1.54, 1.807) is 0 Å². The molecule has 1 N–H and O–H groups in total. The highest BCUT2D eigenvalue weighted by Gasteiger charge is 1.90. The lowest BCUT2D eigenvalue weighted by Gasteiger charge is -1.76. The molecule has 66 valence electrons. The van der Waals surface area contributed by atoms with Crippen LogP contribution in [0.5, 0.6) is 0 Å². The van der Waals surface area contributed by atoms with Gasteiger partial charge in [0.2, 0.25) is 0 Å². The zero-order valence-corrected chi connectivity index (χ0v) is 7.85. The standard InChI is InChI=1S/C4H8.C3H6O3S/c1-4(2)3;1-2-3-7(4,5)6/h1H2,2-3H3;2-3H,1H3,(H,4,5,6). The van der Waals surface area contributed by atoms with Crippen LogP contribution in [0.4, 0.5) is 0 Å². The van der Waals surface area contributed by atoms with Crippen molar-refractivity contribution in [2.45, 2.75) is 20.8 Å². The van der Waals surface area contributed by atoms with Crippen molar-refractivity contribution in [1.82, 2.24) is 0 Å². The molecule has 0 bridgehead atoms. The first-order valence-corrected chi connectivity index (χ1v) is 4.52. The maximum Gasteiger partial charge on any atom is 0.287 e. The minimum Gasteiger partial charge on any atom is -0.282 e. The summed E-state index contributed by atoms with van der Waals surface area (Å²) in [5, 5.41) is 0.715. The molecule has 11 heavy (non-hydrogen) atoms. The third-order valence-corrected chi connectivity index (χ3v) is 0.924. The fourth-order valence-corrected chi connectivity index (χ4v) is 0.516. The van der Waals surface area contributed by atoms with Crippen molar-refractivity contribution in [2.24, 2.45) is 0 Å². The van der Waals surface area contributed by atoms with Gasteiger partial charge in [0.05, 0.1) is 5.41 Å². The van der Waals surface area contributed by atoms with Gasteiger partial charge >= 0.3 is 0 Å². The van der Waals surface area contributed by atoms with E-state index >= 15 is 0 Å². The fourth-order valence-electron chi connectivity index (χ4n) is 0.172. The second-order valence-corrected chi connectivity index (χ2v) is 3.49. The van der Waals surface area contributed by atoms with E-state index in [2.05, 4.69) is 6.58 Å². The van der Waals surface area contributed by atoms with Crippen LogP contribution < -0.4 is 0 Å². The Kier molecular flexibility index (Phi) is 7.24. The van der Waals surface area contributed by atoms with Gasteiger partial charge in [-0.2, -0.15) is 8.42 Å². The molecule has 0 saturated carbocycles. The van der Waals surface area contributed by atoms with Gasteiger partial charge in [0.15, 0.2) is 0 Å². The van der Waals surface area contributed by atoms with Gasteiger partial charge in [-0.15, -0.1) is 6.58 Å². The minimum atomic E-state index is -3.85. The molecule has 0 saturated heterocycles. The summed E-state index contributed by atoms with van der Waals surface area (Å²) in [5.41, 5.74) is 1.17. The Balaban J connectivity index is 0. The summed E-state index contributed by atoms with van der Waals surface area (Å²) in [6.07, 6.45) is 1.25. The molecule has 0 aliphatic rings. The van der Waals surface area contributed by atoms with Crippen LogP contribution in [-0.2, 0) is 10.1 Å². The highest BCUT2D eigenvalue weighted by molar-refractivity contribution is 7.88. The van der Waals surface area contributed by atoms with E-state index in [-0.39, 0.29) is 0 Å². The molecule has 0 aliphatic carbocycles. The van der Waals surface area contributed by atoms with E-state index in [4.69, 9.17) is 4.55 Å². The third-order valence-electron chi connectivity index (χ3n) is 0.308. The maximum absolute atomic E-state index is 9.70. The van der Waals surface area contributed by atoms with E-state index < -0.39 is 10.1 Å². The van der Waals surface area contributed by atoms with E-state index in [9.17, 15) is 8.42 Å². The summed E-state index contributed by atoms with van der Waals surface area (Å²) in [4.78, 5) is 0. The first kappa shape index (κ1) is 13.0. The zero-order valence-electron chi connectivity index (χ0n) is 7.03. The van der Waals surface area contributed by atoms with Crippen LogP contribution >= 0.6 is 0 Å². The largest absolute Gasteiger partial charge is 0.287 e. The Labute approximate surface area is 68.2 Å². The molecule has 4 heteroatoms. The molecular weight excluding hydrogens is 164 g/mol. The second kappa shape index (κ2) is 6.12. The third kappa shape index (κ3) is 44.6. The normalized spacial score (nSPS) is 10.5. The van der Waals surface area contributed by atoms with Crippen molar-refractivity contribution in [2.75, 3.05) is 0 Å². The van der Waals surface area contributed by atoms with E-state index in [1.165, 1.54) is 18.6 Å². The van der Waals surface area contributed by atoms with Gasteiger partial charge in [-0.1, -0.05) is 11.6 Å². The van der Waals surface area contributed by atoms with Gasteiger partial charge in [0.1, 0.15) is 0 Å². The van der Waals surface area contributed by atoms with E-state index in [1.807, 2.05) is 13.8 Å². The van der Waals surface area contributed by atoms with E-state index in [0.717, 1.165) is 0 Å². The predicted octanol–water partition coefficient (Wildman–Crippen LogP) is 1.99. The van der Waals surface area contributed by atoms with Crippen molar-refractivity contribution < 1.29 is 13.0 Å². The lowest BCUT2D eigenvalue weighted by atomic mass is 10.4. The van der Waals surface area contributed by atoms with Crippen molar-refractivity contribution in [3.63, 3.8) is 0 Å². The first-order valence-electron chi connectivity index (χ1n) is 3.02. The van der Waals surface area contributed by atoms with Gasteiger partial charge in [0, 0.05) is 0 Å². The number of rotatable bonds is 1. The maximum atomic E-state index is 9.70. The van der Waals surface area contributed by atoms with Crippen LogP contribution in [0.25, 0.3) is 0 Å². The van der Waals surface area contributed by atoms with Crippen molar-refractivity contribution >= 4 is 10.1 Å². The Bertz CT molecular complexity index is 220. The topological polar surface area (TPSA) is 54.4 Å². The quantitative estimate of drug-likeness (QED) is 0.493. The van der Waals surface area contributed by atoms with Crippen molar-refractivity contribution in [3.05, 3.63) is 23.6 Å². The molecule has 0 radical (unpaired) electrons. The molecule has 0 heterocycles. The summed E-state index contributed by atoms with van der Waals surface area (Å²) in [5.74, 6) is 0. The van der Waals surface area contributed by atoms with Crippen LogP contribution in [-0.4, -0.2) is 13.0 Å². The molecule has 0 aromatic rings. The van der Waals surface area contributed by atoms with Crippen LogP contribution in [0.3, 0.4) is 0 Å². The summed E-state index contributed by atoms with van der Waals surface area (Å²) in [6.45, 7) is 9.01. The lowest BCUT2D eigenvalue weighted by Crippen LogP contribution is -1.87. The SMILES string of the molecule is C=C(C)C.CC=CS(=O)(=O)O. The van der Waals surface area contributed by atoms with Crippen LogP contribution in [0.1, 0.15) is 20.8 Å². The van der Waals surface area contributed by atoms with Gasteiger partial charge in [-0.05, 0) is 20.8 Å². The average Bonchev–Trinajstić information content (AvgIpc) is 1.58. The average molecular weight is 178 g/mol. The summed E-state index contributed by atoms with van der Waals surface area (Å²) >= 11 is 0. The molecule has 0 atom stereocenters. The molecule has 0 fully saturated rings. The van der Waals surface area contributed by atoms with Gasteiger partial charge in [0.25, 0.3) is 10.1 Å². The van der Waals surface area contributed by atoms with Gasteiger partial charge in [-0.25, -0.2) is 0 Å². The van der Waals surface area contributed by atoms with E-state index in [0.29, 0.717) is 5.41 Å². The Morgan fingerprint density at radius 1 is 1.45 bits per heavy atom. The highest BCUT2D eigenvalue weighted by Crippen LogP contribution is 1.80.